The first-order valence-electron chi connectivity index (χ1n) is 8.57. The molecule has 1 heterocycles. The zero-order chi connectivity index (χ0) is 16.8. The van der Waals surface area contributed by atoms with E-state index < -0.39 is 0 Å². The summed E-state index contributed by atoms with van der Waals surface area (Å²) in [6.45, 7) is 2.55. The molecule has 0 atom stereocenters. The Labute approximate surface area is 143 Å². The van der Waals surface area contributed by atoms with Crippen molar-refractivity contribution in [2.45, 2.75) is 32.4 Å². The first-order valence-corrected chi connectivity index (χ1v) is 8.57. The van der Waals surface area contributed by atoms with Crippen molar-refractivity contribution < 1.29 is 9.53 Å². The van der Waals surface area contributed by atoms with Crippen LogP contribution in [0.25, 0.3) is 0 Å². The molecule has 2 aromatic carbocycles. The quantitative estimate of drug-likeness (QED) is 0.917. The number of amides is 1. The Kier molecular flexibility index (Phi) is 5.49. The van der Waals surface area contributed by atoms with Gasteiger partial charge in [-0.1, -0.05) is 30.3 Å². The van der Waals surface area contributed by atoms with Crippen molar-refractivity contribution in [1.82, 2.24) is 4.90 Å². The van der Waals surface area contributed by atoms with Crippen molar-refractivity contribution in [2.24, 2.45) is 5.73 Å². The minimum absolute atomic E-state index is 0.0963. The molecule has 1 fully saturated rings. The van der Waals surface area contributed by atoms with Crippen LogP contribution in [0.3, 0.4) is 0 Å². The second kappa shape index (κ2) is 7.97. The number of hydrogen-bond acceptors (Lipinski definition) is 3. The lowest BCUT2D eigenvalue weighted by atomic mass is 10.1. The first-order chi connectivity index (χ1) is 11.8. The van der Waals surface area contributed by atoms with E-state index in [9.17, 15) is 4.79 Å². The third kappa shape index (κ3) is 3.95. The van der Waals surface area contributed by atoms with Crippen LogP contribution in [-0.4, -0.2) is 23.9 Å². The summed E-state index contributed by atoms with van der Waals surface area (Å²) in [5.41, 5.74) is 8.54. The molecule has 3 rings (SSSR count). The van der Waals surface area contributed by atoms with Crippen LogP contribution in [0.2, 0.25) is 0 Å². The molecule has 4 heteroatoms. The van der Waals surface area contributed by atoms with Gasteiger partial charge >= 0.3 is 0 Å². The molecule has 0 aliphatic carbocycles. The Bertz CT molecular complexity index is 679. The van der Waals surface area contributed by atoms with Gasteiger partial charge in [0.25, 0.3) is 5.91 Å². The van der Waals surface area contributed by atoms with E-state index in [4.69, 9.17) is 10.5 Å². The van der Waals surface area contributed by atoms with E-state index in [1.54, 1.807) is 0 Å². The van der Waals surface area contributed by atoms with Crippen LogP contribution < -0.4 is 10.5 Å². The molecule has 0 radical (unpaired) electrons. The van der Waals surface area contributed by atoms with Crippen molar-refractivity contribution in [3.8, 4) is 5.75 Å². The fraction of sp³-hybridized carbons (Fsp3) is 0.350. The number of benzene rings is 2. The van der Waals surface area contributed by atoms with Crippen molar-refractivity contribution >= 4 is 5.91 Å². The van der Waals surface area contributed by atoms with Gasteiger partial charge in [0.15, 0.2) is 0 Å². The maximum atomic E-state index is 12.6. The number of rotatable bonds is 5. The van der Waals surface area contributed by atoms with E-state index in [1.807, 2.05) is 53.4 Å². The maximum Gasteiger partial charge on any atom is 0.253 e. The lowest BCUT2D eigenvalue weighted by molar-refractivity contribution is 0.0724. The minimum Gasteiger partial charge on any atom is -0.489 e. The number of piperidine rings is 1. The molecule has 0 unspecified atom stereocenters. The molecule has 0 aromatic heterocycles. The van der Waals surface area contributed by atoms with Crippen LogP contribution >= 0.6 is 0 Å². The lowest BCUT2D eigenvalue weighted by Gasteiger charge is -2.27. The number of likely N-dealkylation sites (tertiary alicyclic amines) is 1. The summed E-state index contributed by atoms with van der Waals surface area (Å²) in [4.78, 5) is 14.5. The Hall–Kier alpha value is -2.33. The molecular formula is C20H24N2O2. The van der Waals surface area contributed by atoms with Gasteiger partial charge in [-0.05, 0) is 43.0 Å². The summed E-state index contributed by atoms with van der Waals surface area (Å²) >= 11 is 0. The first kappa shape index (κ1) is 16.5. The van der Waals surface area contributed by atoms with E-state index in [-0.39, 0.29) is 5.91 Å². The third-order valence-electron chi connectivity index (χ3n) is 4.41. The van der Waals surface area contributed by atoms with Crippen LogP contribution in [0.1, 0.15) is 40.7 Å². The van der Waals surface area contributed by atoms with Gasteiger partial charge in [-0.2, -0.15) is 0 Å². The van der Waals surface area contributed by atoms with E-state index in [2.05, 4.69) is 0 Å². The molecule has 0 spiro atoms. The highest BCUT2D eigenvalue weighted by Crippen LogP contribution is 2.23. The van der Waals surface area contributed by atoms with Gasteiger partial charge in [-0.25, -0.2) is 0 Å². The van der Waals surface area contributed by atoms with Gasteiger partial charge < -0.3 is 15.4 Å². The predicted molar refractivity (Wildman–Crippen MR) is 94.9 cm³/mol. The molecule has 1 aliphatic heterocycles. The topological polar surface area (TPSA) is 55.6 Å². The summed E-state index contributed by atoms with van der Waals surface area (Å²) in [5, 5.41) is 0. The van der Waals surface area contributed by atoms with Gasteiger partial charge in [-0.3, -0.25) is 4.79 Å². The van der Waals surface area contributed by atoms with E-state index in [0.717, 1.165) is 42.8 Å². The fourth-order valence-corrected chi connectivity index (χ4v) is 3.03. The standard InChI is InChI=1S/C20H24N2O2/c21-14-18-13-17(20(23)22-11-5-2-6-12-22)9-10-19(18)24-15-16-7-3-1-4-8-16/h1,3-4,7-10,13H,2,5-6,11-12,14-15,21H2. The summed E-state index contributed by atoms with van der Waals surface area (Å²) in [7, 11) is 0. The SMILES string of the molecule is NCc1cc(C(=O)N2CCCCC2)ccc1OCc1ccccc1. The van der Waals surface area contributed by atoms with Gasteiger partial charge in [0.05, 0.1) is 0 Å². The molecular weight excluding hydrogens is 300 g/mol. The molecule has 24 heavy (non-hydrogen) atoms. The van der Waals surface area contributed by atoms with Crippen molar-refractivity contribution in [3.05, 3.63) is 65.2 Å². The molecule has 1 aliphatic rings. The van der Waals surface area contributed by atoms with Crippen LogP contribution in [0, 0.1) is 0 Å². The number of hydrogen-bond donors (Lipinski definition) is 1. The number of nitrogens with two attached hydrogens (primary N) is 1. The van der Waals surface area contributed by atoms with E-state index in [1.165, 1.54) is 6.42 Å². The van der Waals surface area contributed by atoms with Gasteiger partial charge in [0.1, 0.15) is 12.4 Å². The second-order valence-corrected chi connectivity index (χ2v) is 6.15. The average molecular weight is 324 g/mol. The number of carbonyl (C=O) groups is 1. The van der Waals surface area contributed by atoms with E-state index >= 15 is 0 Å². The molecule has 2 N–H and O–H groups in total. The van der Waals surface area contributed by atoms with Crippen molar-refractivity contribution in [1.29, 1.82) is 0 Å². The van der Waals surface area contributed by atoms with Crippen LogP contribution in [0.15, 0.2) is 48.5 Å². The largest absolute Gasteiger partial charge is 0.489 e. The van der Waals surface area contributed by atoms with Crippen LogP contribution in [0.5, 0.6) is 5.75 Å². The fourth-order valence-electron chi connectivity index (χ4n) is 3.03. The molecule has 4 nitrogen and oxygen atoms in total. The van der Waals surface area contributed by atoms with Crippen LogP contribution in [0.4, 0.5) is 0 Å². The molecule has 1 saturated heterocycles. The number of ether oxygens (including phenoxy) is 1. The Morgan fingerprint density at radius 3 is 2.50 bits per heavy atom. The maximum absolute atomic E-state index is 12.6. The summed E-state index contributed by atoms with van der Waals surface area (Å²) in [6, 6.07) is 15.6. The normalized spacial score (nSPS) is 14.5. The monoisotopic (exact) mass is 324 g/mol. The highest BCUT2D eigenvalue weighted by atomic mass is 16.5. The van der Waals surface area contributed by atoms with Crippen molar-refractivity contribution in [3.63, 3.8) is 0 Å². The highest BCUT2D eigenvalue weighted by Gasteiger charge is 2.19. The third-order valence-corrected chi connectivity index (χ3v) is 4.41. The smallest absolute Gasteiger partial charge is 0.253 e. The van der Waals surface area contributed by atoms with Crippen molar-refractivity contribution in [2.75, 3.05) is 13.1 Å². The van der Waals surface area contributed by atoms with Gasteiger partial charge in [0, 0.05) is 30.8 Å². The molecule has 126 valence electrons. The predicted octanol–water partition coefficient (Wildman–Crippen LogP) is 3.35. The Morgan fingerprint density at radius 2 is 1.79 bits per heavy atom. The molecule has 2 aromatic rings. The number of nitrogens with zero attached hydrogens (tertiary/aromatic N) is 1. The Morgan fingerprint density at radius 1 is 1.04 bits per heavy atom. The molecule has 1 amide bonds. The van der Waals surface area contributed by atoms with Gasteiger partial charge in [-0.15, -0.1) is 0 Å². The summed E-state index contributed by atoms with van der Waals surface area (Å²) in [6.07, 6.45) is 3.39. The zero-order valence-corrected chi connectivity index (χ0v) is 13.9. The molecule has 0 saturated carbocycles. The lowest BCUT2D eigenvalue weighted by Crippen LogP contribution is -2.35. The van der Waals surface area contributed by atoms with Gasteiger partial charge in [0.2, 0.25) is 0 Å². The highest BCUT2D eigenvalue weighted by molar-refractivity contribution is 5.94. The Balaban J connectivity index is 1.71. The van der Waals surface area contributed by atoms with Crippen LogP contribution in [-0.2, 0) is 13.2 Å². The zero-order valence-electron chi connectivity index (χ0n) is 13.9. The molecule has 0 bridgehead atoms. The average Bonchev–Trinajstić information content (AvgIpc) is 2.67. The number of carbonyl (C=O) groups excluding carboxylic acids is 1. The second-order valence-electron chi connectivity index (χ2n) is 6.15. The summed E-state index contributed by atoms with van der Waals surface area (Å²) < 4.78 is 5.89. The minimum atomic E-state index is 0.0963. The summed E-state index contributed by atoms with van der Waals surface area (Å²) in [5.74, 6) is 0.843. The van der Waals surface area contributed by atoms with E-state index in [0.29, 0.717) is 18.7 Å².